The Hall–Kier alpha value is -3.52. The Kier molecular flexibility index (Phi) is 10.8. The lowest BCUT2D eigenvalue weighted by atomic mass is 10.0. The van der Waals surface area contributed by atoms with Gasteiger partial charge in [-0.2, -0.15) is 4.31 Å². The lowest BCUT2D eigenvalue weighted by molar-refractivity contribution is -0.133. The number of rotatable bonds is 6. The number of benzene rings is 2. The normalized spacial score (nSPS) is 26.3. The van der Waals surface area contributed by atoms with Crippen molar-refractivity contribution in [3.63, 3.8) is 0 Å². The maximum absolute atomic E-state index is 14.1. The Labute approximate surface area is 276 Å². The second-order valence-corrected chi connectivity index (χ2v) is 15.0. The van der Waals surface area contributed by atoms with Gasteiger partial charge in [-0.3, -0.25) is 19.3 Å². The third-order valence-corrected chi connectivity index (χ3v) is 11.5. The Morgan fingerprint density at radius 1 is 0.872 bits per heavy atom. The number of morpholine rings is 1. The maximum Gasteiger partial charge on any atom is 0.243 e. The lowest BCUT2D eigenvalue weighted by Crippen LogP contribution is -2.58. The summed E-state index contributed by atoms with van der Waals surface area (Å²) in [5.74, 6) is -0.185. The number of nitrogens with zero attached hydrogens (tertiary/aromatic N) is 2. The first kappa shape index (κ1) is 33.4. The highest BCUT2D eigenvalue weighted by atomic mass is 32.2. The fourth-order valence-electron chi connectivity index (χ4n) is 6.89. The zero-order valence-electron chi connectivity index (χ0n) is 26.7. The summed E-state index contributed by atoms with van der Waals surface area (Å²) in [7, 11) is -3.67. The molecule has 4 bridgehead atoms. The molecule has 3 fully saturated rings. The quantitative estimate of drug-likeness (QED) is 0.423. The minimum absolute atomic E-state index is 0.0332. The minimum Gasteiger partial charge on any atom is -0.457 e. The van der Waals surface area contributed by atoms with Crippen molar-refractivity contribution in [3.8, 4) is 11.5 Å². The molecular weight excluding hydrogens is 622 g/mol. The maximum atomic E-state index is 14.1. The van der Waals surface area contributed by atoms with Crippen LogP contribution in [0, 0.1) is 0 Å². The highest BCUT2D eigenvalue weighted by molar-refractivity contribution is 7.89. The fourth-order valence-corrected chi connectivity index (χ4v) is 8.58. The van der Waals surface area contributed by atoms with Gasteiger partial charge >= 0.3 is 0 Å². The van der Waals surface area contributed by atoms with Crippen LogP contribution in [0.15, 0.2) is 48.5 Å². The van der Waals surface area contributed by atoms with Gasteiger partial charge < -0.3 is 25.4 Å². The summed E-state index contributed by atoms with van der Waals surface area (Å²) in [6, 6.07) is 11.8. The van der Waals surface area contributed by atoms with Gasteiger partial charge in [0.25, 0.3) is 0 Å². The van der Waals surface area contributed by atoms with E-state index < -0.39 is 40.0 Å². The molecule has 13 heteroatoms. The molecule has 4 heterocycles. The van der Waals surface area contributed by atoms with Gasteiger partial charge in [0.2, 0.25) is 27.7 Å². The molecule has 47 heavy (non-hydrogen) atoms. The summed E-state index contributed by atoms with van der Waals surface area (Å²) in [5.41, 5.74) is 1.57. The van der Waals surface area contributed by atoms with Crippen molar-refractivity contribution >= 4 is 27.7 Å². The molecule has 1 saturated carbocycles. The zero-order valence-corrected chi connectivity index (χ0v) is 27.5. The fraction of sp³-hybridized carbons (Fsp3) is 0.559. The van der Waals surface area contributed by atoms with Gasteiger partial charge in [0.05, 0.1) is 19.0 Å². The van der Waals surface area contributed by atoms with E-state index in [1.807, 2.05) is 36.4 Å². The molecular formula is C34H45N5O7S. The zero-order chi connectivity index (χ0) is 32.8. The summed E-state index contributed by atoms with van der Waals surface area (Å²) < 4.78 is 39.1. The van der Waals surface area contributed by atoms with E-state index in [-0.39, 0.29) is 43.5 Å². The second-order valence-electron chi connectivity index (χ2n) is 13.0. The Morgan fingerprint density at radius 3 is 2.36 bits per heavy atom. The molecule has 2 saturated heterocycles. The number of fused-ring (bicyclic) bond motifs is 10. The molecule has 5 aliphatic rings. The van der Waals surface area contributed by atoms with Crippen LogP contribution in [0.4, 0.5) is 0 Å². The van der Waals surface area contributed by atoms with Crippen molar-refractivity contribution in [2.75, 3.05) is 45.1 Å². The van der Waals surface area contributed by atoms with Crippen LogP contribution < -0.4 is 20.7 Å². The van der Waals surface area contributed by atoms with Crippen molar-refractivity contribution < 1.29 is 32.3 Å². The van der Waals surface area contributed by atoms with Crippen LogP contribution in [0.25, 0.3) is 0 Å². The smallest absolute Gasteiger partial charge is 0.243 e. The van der Waals surface area contributed by atoms with Crippen LogP contribution >= 0.6 is 0 Å². The molecule has 0 spiro atoms. The topological polar surface area (TPSA) is 146 Å². The minimum atomic E-state index is -3.67. The predicted octanol–water partition coefficient (Wildman–Crippen LogP) is 1.73. The van der Waals surface area contributed by atoms with Crippen molar-refractivity contribution in [2.45, 2.75) is 75.5 Å². The van der Waals surface area contributed by atoms with Gasteiger partial charge in [0.1, 0.15) is 29.6 Å². The van der Waals surface area contributed by atoms with E-state index in [2.05, 4.69) is 20.9 Å². The molecule has 2 aromatic carbocycles. The van der Waals surface area contributed by atoms with Crippen LogP contribution in [-0.4, -0.2) is 105 Å². The van der Waals surface area contributed by atoms with E-state index in [0.29, 0.717) is 50.8 Å². The van der Waals surface area contributed by atoms with Gasteiger partial charge in [-0.1, -0.05) is 37.1 Å². The molecule has 1 unspecified atom stereocenters. The Balaban J connectivity index is 1.33. The van der Waals surface area contributed by atoms with Gasteiger partial charge in [-0.15, -0.1) is 0 Å². The van der Waals surface area contributed by atoms with Crippen LogP contribution in [0.5, 0.6) is 11.5 Å². The second kappa shape index (κ2) is 15.1. The number of amides is 3. The van der Waals surface area contributed by atoms with E-state index >= 15 is 0 Å². The van der Waals surface area contributed by atoms with Crippen LogP contribution in [0.1, 0.15) is 49.7 Å². The van der Waals surface area contributed by atoms with Crippen molar-refractivity contribution in [3.05, 3.63) is 59.7 Å². The van der Waals surface area contributed by atoms with Gasteiger partial charge in [-0.05, 0) is 67.5 Å². The Morgan fingerprint density at radius 2 is 1.64 bits per heavy atom. The molecule has 7 rings (SSSR count). The van der Waals surface area contributed by atoms with E-state index in [1.165, 1.54) is 4.31 Å². The number of carbonyl (C=O) groups is 3. The standard InChI is InChI=1S/C34H45N5O7S/c40-32-29(13-15-38-16-18-45-19-17-38)36-34(42)31(39-14-4-20-47(39,43)44)23-25-5-3-8-28(21-25)46-27-11-9-24(10-12-27)22-30(37-32)33(41)35-26-6-1-2-7-26/h3,5,8-12,21,26,29-31H,1-2,4,6-7,13-20,22-23H2,(H,35,41)(H,36,42)(H,37,40)/t29-,30?,31-/m0/s1. The molecule has 3 atom stereocenters. The van der Waals surface area contributed by atoms with Gasteiger partial charge in [-0.25, -0.2) is 8.42 Å². The summed E-state index contributed by atoms with van der Waals surface area (Å²) in [5, 5.41) is 9.01. The monoisotopic (exact) mass is 667 g/mol. The summed E-state index contributed by atoms with van der Waals surface area (Å²) in [6.07, 6.45) is 4.96. The van der Waals surface area contributed by atoms with Gasteiger partial charge in [0.15, 0.2) is 0 Å². The number of hydrogen-bond donors (Lipinski definition) is 3. The van der Waals surface area contributed by atoms with E-state index in [4.69, 9.17) is 9.47 Å². The third-order valence-electron chi connectivity index (χ3n) is 9.52. The highest BCUT2D eigenvalue weighted by Crippen LogP contribution is 2.26. The first-order chi connectivity index (χ1) is 22.7. The molecule has 0 aromatic heterocycles. The largest absolute Gasteiger partial charge is 0.457 e. The Bertz CT molecular complexity index is 1520. The summed E-state index contributed by atoms with van der Waals surface area (Å²) in [4.78, 5) is 44.0. The number of hydrogen-bond acceptors (Lipinski definition) is 8. The van der Waals surface area contributed by atoms with Crippen molar-refractivity contribution in [1.29, 1.82) is 0 Å². The molecule has 4 aliphatic heterocycles. The SMILES string of the molecule is O=C(NC1CCCC1)C1Cc2ccc(cc2)Oc2cccc(c2)C[C@H](N2CCCS2(=O)=O)C(=O)N[C@@H](CCN2CCOCC2)C(=O)N1. The molecule has 12 nitrogen and oxygen atoms in total. The number of sulfonamides is 1. The van der Waals surface area contributed by atoms with Crippen LogP contribution in [0.2, 0.25) is 0 Å². The first-order valence-corrected chi connectivity index (χ1v) is 18.4. The van der Waals surface area contributed by atoms with Gasteiger partial charge in [0, 0.05) is 38.6 Å². The molecule has 2 aromatic rings. The van der Waals surface area contributed by atoms with Crippen molar-refractivity contribution in [1.82, 2.24) is 25.2 Å². The van der Waals surface area contributed by atoms with Crippen LogP contribution in [0.3, 0.4) is 0 Å². The average Bonchev–Trinajstić information content (AvgIpc) is 3.71. The molecule has 1 aliphatic carbocycles. The lowest BCUT2D eigenvalue weighted by Gasteiger charge is -2.31. The first-order valence-electron chi connectivity index (χ1n) is 16.8. The highest BCUT2D eigenvalue weighted by Gasteiger charge is 2.40. The van der Waals surface area contributed by atoms with E-state index in [1.54, 1.807) is 12.1 Å². The third kappa shape index (κ3) is 8.69. The summed E-state index contributed by atoms with van der Waals surface area (Å²) in [6.45, 7) is 3.33. The van der Waals surface area contributed by atoms with E-state index in [9.17, 15) is 22.8 Å². The summed E-state index contributed by atoms with van der Waals surface area (Å²) >= 11 is 0. The van der Waals surface area contributed by atoms with Crippen LogP contribution in [-0.2, 0) is 42.0 Å². The average molecular weight is 668 g/mol. The predicted molar refractivity (Wildman–Crippen MR) is 175 cm³/mol. The number of ether oxygens (including phenoxy) is 2. The van der Waals surface area contributed by atoms with E-state index in [0.717, 1.165) is 36.8 Å². The van der Waals surface area contributed by atoms with Crippen molar-refractivity contribution in [2.24, 2.45) is 0 Å². The number of nitrogens with one attached hydrogen (secondary N) is 3. The number of carbonyl (C=O) groups excluding carboxylic acids is 3. The molecule has 3 amide bonds. The molecule has 0 radical (unpaired) electrons. The molecule has 254 valence electrons. The molecule has 3 N–H and O–H groups in total.